The molecule has 1 aromatic carbocycles. The van der Waals surface area contributed by atoms with E-state index in [0.29, 0.717) is 0 Å². The summed E-state index contributed by atoms with van der Waals surface area (Å²) in [6, 6.07) is 4.38. The summed E-state index contributed by atoms with van der Waals surface area (Å²) >= 11 is 0. The standard InChI is InChI=1S/C8H8FNO/c1-5(11)6-3-2-4-7(10)8(6)9/h2-4H,10H2,1H3. The van der Waals surface area contributed by atoms with Crippen molar-refractivity contribution in [3.8, 4) is 0 Å². The van der Waals surface area contributed by atoms with Crippen LogP contribution < -0.4 is 5.73 Å². The van der Waals surface area contributed by atoms with E-state index in [9.17, 15) is 9.18 Å². The van der Waals surface area contributed by atoms with Gasteiger partial charge in [-0.05, 0) is 19.1 Å². The summed E-state index contributed by atoms with van der Waals surface area (Å²) in [6.45, 7) is 1.30. The van der Waals surface area contributed by atoms with E-state index in [1.807, 2.05) is 0 Å². The van der Waals surface area contributed by atoms with E-state index in [2.05, 4.69) is 0 Å². The number of halogens is 1. The Labute approximate surface area is 63.8 Å². The number of rotatable bonds is 1. The summed E-state index contributed by atoms with van der Waals surface area (Å²) in [4.78, 5) is 10.7. The minimum Gasteiger partial charge on any atom is -0.396 e. The highest BCUT2D eigenvalue weighted by molar-refractivity contribution is 5.95. The average Bonchev–Trinajstić information content (AvgIpc) is 1.94. The lowest BCUT2D eigenvalue weighted by molar-refractivity contribution is 0.101. The predicted molar refractivity (Wildman–Crippen MR) is 40.8 cm³/mol. The maximum Gasteiger partial charge on any atom is 0.162 e. The van der Waals surface area contributed by atoms with Crippen molar-refractivity contribution in [3.05, 3.63) is 29.6 Å². The van der Waals surface area contributed by atoms with Gasteiger partial charge in [-0.2, -0.15) is 0 Å². The van der Waals surface area contributed by atoms with Crippen molar-refractivity contribution < 1.29 is 9.18 Å². The highest BCUT2D eigenvalue weighted by Gasteiger charge is 2.07. The van der Waals surface area contributed by atoms with Crippen LogP contribution in [-0.2, 0) is 0 Å². The molecule has 1 aromatic rings. The average molecular weight is 153 g/mol. The van der Waals surface area contributed by atoms with Gasteiger partial charge in [-0.3, -0.25) is 4.79 Å². The van der Waals surface area contributed by atoms with E-state index in [1.165, 1.54) is 19.1 Å². The van der Waals surface area contributed by atoms with Crippen molar-refractivity contribution in [2.24, 2.45) is 0 Å². The first-order valence-corrected chi connectivity index (χ1v) is 3.18. The third kappa shape index (κ3) is 1.37. The molecule has 0 aromatic heterocycles. The summed E-state index contributed by atoms with van der Waals surface area (Å²) in [7, 11) is 0. The summed E-state index contributed by atoms with van der Waals surface area (Å²) in [5, 5.41) is 0. The Bertz CT molecular complexity index is 296. The SMILES string of the molecule is CC(=O)c1cccc(N)c1F. The molecule has 0 saturated heterocycles. The second kappa shape index (κ2) is 2.70. The molecule has 0 aliphatic heterocycles. The van der Waals surface area contributed by atoms with Gasteiger partial charge in [0.2, 0.25) is 0 Å². The lowest BCUT2D eigenvalue weighted by atomic mass is 10.1. The van der Waals surface area contributed by atoms with Crippen molar-refractivity contribution in [2.75, 3.05) is 5.73 Å². The Kier molecular flexibility index (Phi) is 1.89. The zero-order chi connectivity index (χ0) is 8.43. The number of Topliss-reactive ketones (excluding diaryl/α,β-unsaturated/α-hetero) is 1. The molecule has 11 heavy (non-hydrogen) atoms. The Morgan fingerprint density at radius 3 is 2.64 bits per heavy atom. The van der Waals surface area contributed by atoms with E-state index in [1.54, 1.807) is 6.07 Å². The highest BCUT2D eigenvalue weighted by Crippen LogP contribution is 2.14. The fraction of sp³-hybridized carbons (Fsp3) is 0.125. The van der Waals surface area contributed by atoms with E-state index < -0.39 is 5.82 Å². The first-order valence-electron chi connectivity index (χ1n) is 3.18. The normalized spacial score (nSPS) is 9.64. The molecule has 0 amide bonds. The number of nitrogens with two attached hydrogens (primary N) is 1. The molecular formula is C8H8FNO. The number of anilines is 1. The molecular weight excluding hydrogens is 145 g/mol. The van der Waals surface area contributed by atoms with Crippen LogP contribution in [0, 0.1) is 5.82 Å². The maximum absolute atomic E-state index is 12.9. The summed E-state index contributed by atoms with van der Waals surface area (Å²) in [6.07, 6.45) is 0. The zero-order valence-electron chi connectivity index (χ0n) is 6.10. The van der Waals surface area contributed by atoms with Crippen molar-refractivity contribution in [3.63, 3.8) is 0 Å². The minimum absolute atomic E-state index is 0.0118. The van der Waals surface area contributed by atoms with Crippen molar-refractivity contribution in [2.45, 2.75) is 6.92 Å². The second-order valence-corrected chi connectivity index (χ2v) is 2.26. The number of carbonyl (C=O) groups is 1. The number of hydrogen-bond donors (Lipinski definition) is 1. The van der Waals surface area contributed by atoms with Crippen LogP contribution in [0.1, 0.15) is 17.3 Å². The van der Waals surface area contributed by atoms with Crippen LogP contribution >= 0.6 is 0 Å². The zero-order valence-corrected chi connectivity index (χ0v) is 6.10. The lowest BCUT2D eigenvalue weighted by Crippen LogP contribution is -2.00. The van der Waals surface area contributed by atoms with Crippen LogP contribution in [-0.4, -0.2) is 5.78 Å². The molecule has 0 atom stereocenters. The van der Waals surface area contributed by atoms with Crippen molar-refractivity contribution >= 4 is 11.5 Å². The highest BCUT2D eigenvalue weighted by atomic mass is 19.1. The van der Waals surface area contributed by atoms with Gasteiger partial charge in [0.1, 0.15) is 0 Å². The van der Waals surface area contributed by atoms with Crippen molar-refractivity contribution in [1.82, 2.24) is 0 Å². The smallest absolute Gasteiger partial charge is 0.162 e. The van der Waals surface area contributed by atoms with Gasteiger partial charge in [-0.1, -0.05) is 6.07 Å². The summed E-state index contributed by atoms with van der Waals surface area (Å²) in [5.74, 6) is -0.935. The number of ketones is 1. The van der Waals surface area contributed by atoms with Gasteiger partial charge in [0.15, 0.2) is 11.6 Å². The van der Waals surface area contributed by atoms with E-state index in [0.717, 1.165) is 0 Å². The molecule has 0 aliphatic carbocycles. The molecule has 2 N–H and O–H groups in total. The molecule has 0 fully saturated rings. The predicted octanol–water partition coefficient (Wildman–Crippen LogP) is 1.61. The molecule has 0 saturated carbocycles. The van der Waals surface area contributed by atoms with Crippen LogP contribution in [0.15, 0.2) is 18.2 Å². The number of nitrogen functional groups attached to an aromatic ring is 1. The van der Waals surface area contributed by atoms with Gasteiger partial charge in [0.25, 0.3) is 0 Å². The van der Waals surface area contributed by atoms with Gasteiger partial charge >= 0.3 is 0 Å². The van der Waals surface area contributed by atoms with E-state index in [4.69, 9.17) is 5.73 Å². The Hall–Kier alpha value is -1.38. The Morgan fingerprint density at radius 2 is 2.18 bits per heavy atom. The fourth-order valence-electron chi connectivity index (χ4n) is 0.822. The largest absolute Gasteiger partial charge is 0.396 e. The molecule has 0 spiro atoms. The Morgan fingerprint density at radius 1 is 1.55 bits per heavy atom. The maximum atomic E-state index is 12.9. The first kappa shape index (κ1) is 7.72. The summed E-state index contributed by atoms with van der Waals surface area (Å²) in [5.41, 5.74) is 5.29. The minimum atomic E-state index is -0.625. The van der Waals surface area contributed by atoms with Gasteiger partial charge in [-0.15, -0.1) is 0 Å². The molecule has 0 aliphatic rings. The molecule has 58 valence electrons. The van der Waals surface area contributed by atoms with E-state index in [-0.39, 0.29) is 17.0 Å². The fourth-order valence-corrected chi connectivity index (χ4v) is 0.822. The monoisotopic (exact) mass is 153 g/mol. The first-order chi connectivity index (χ1) is 5.13. The third-order valence-corrected chi connectivity index (χ3v) is 1.41. The van der Waals surface area contributed by atoms with Gasteiger partial charge < -0.3 is 5.73 Å². The van der Waals surface area contributed by atoms with Crippen LogP contribution in [0.25, 0.3) is 0 Å². The Balaban J connectivity index is 3.27. The van der Waals surface area contributed by atoms with Crippen molar-refractivity contribution in [1.29, 1.82) is 0 Å². The van der Waals surface area contributed by atoms with E-state index >= 15 is 0 Å². The lowest BCUT2D eigenvalue weighted by Gasteiger charge is -1.99. The number of hydrogen-bond acceptors (Lipinski definition) is 2. The number of benzene rings is 1. The van der Waals surface area contributed by atoms with Crippen LogP contribution in [0.5, 0.6) is 0 Å². The topological polar surface area (TPSA) is 43.1 Å². The molecule has 1 rings (SSSR count). The second-order valence-electron chi connectivity index (χ2n) is 2.26. The van der Waals surface area contributed by atoms with Gasteiger partial charge in [0, 0.05) is 0 Å². The molecule has 0 bridgehead atoms. The van der Waals surface area contributed by atoms with Crippen LogP contribution in [0.2, 0.25) is 0 Å². The molecule has 0 heterocycles. The molecule has 3 heteroatoms. The van der Waals surface area contributed by atoms with Gasteiger partial charge in [-0.25, -0.2) is 4.39 Å². The van der Waals surface area contributed by atoms with Gasteiger partial charge in [0.05, 0.1) is 11.3 Å². The molecule has 2 nitrogen and oxygen atoms in total. The third-order valence-electron chi connectivity index (χ3n) is 1.41. The molecule has 0 radical (unpaired) electrons. The van der Waals surface area contributed by atoms with Crippen LogP contribution in [0.4, 0.5) is 10.1 Å². The van der Waals surface area contributed by atoms with Crippen LogP contribution in [0.3, 0.4) is 0 Å². The quantitative estimate of drug-likeness (QED) is 0.492. The number of carbonyl (C=O) groups excluding carboxylic acids is 1. The summed E-state index contributed by atoms with van der Waals surface area (Å²) < 4.78 is 12.9. The molecule has 0 unspecified atom stereocenters.